The van der Waals surface area contributed by atoms with Gasteiger partial charge in [0.1, 0.15) is 0 Å². The lowest BCUT2D eigenvalue weighted by Gasteiger charge is -2.21. The maximum Gasteiger partial charge on any atom is 0.339 e. The molecule has 1 N–H and O–H groups in total. The first-order valence-corrected chi connectivity index (χ1v) is 5.72. The first kappa shape index (κ1) is 14.5. The number of hydrogen-bond acceptors (Lipinski definition) is 3. The maximum absolute atomic E-state index is 11.6. The van der Waals surface area contributed by atoms with Crippen molar-refractivity contribution in [3.63, 3.8) is 0 Å². The van der Waals surface area contributed by atoms with Crippen LogP contribution >= 0.6 is 11.6 Å². The molecule has 0 amide bonds. The van der Waals surface area contributed by atoms with E-state index in [0.717, 1.165) is 0 Å². The molecular formula is C13H15ClO4. The number of aromatic carboxylic acids is 1. The van der Waals surface area contributed by atoms with Gasteiger partial charge < -0.3 is 9.84 Å². The minimum atomic E-state index is -1.17. The number of carbonyl (C=O) groups excluding carboxylic acids is 1. The Balaban J connectivity index is 3.57. The van der Waals surface area contributed by atoms with Gasteiger partial charge in [-0.15, -0.1) is 0 Å². The summed E-state index contributed by atoms with van der Waals surface area (Å²) in [6, 6.07) is 3.05. The molecule has 0 aliphatic heterocycles. The predicted octanol–water partition coefficient (Wildman–Crippen LogP) is 3.12. The second kappa shape index (κ2) is 4.98. The van der Waals surface area contributed by atoms with Gasteiger partial charge in [-0.1, -0.05) is 32.4 Å². The number of benzene rings is 1. The predicted molar refractivity (Wildman–Crippen MR) is 68.5 cm³/mol. The molecule has 0 spiro atoms. The summed E-state index contributed by atoms with van der Waals surface area (Å²) in [7, 11) is 1.23. The first-order chi connectivity index (χ1) is 8.18. The third-order valence-corrected chi connectivity index (χ3v) is 2.98. The van der Waals surface area contributed by atoms with E-state index in [9.17, 15) is 9.59 Å². The molecule has 5 heteroatoms. The van der Waals surface area contributed by atoms with Crippen molar-refractivity contribution in [2.24, 2.45) is 0 Å². The van der Waals surface area contributed by atoms with Gasteiger partial charge in [0, 0.05) is 0 Å². The Hall–Kier alpha value is -1.55. The van der Waals surface area contributed by atoms with Crippen molar-refractivity contribution < 1.29 is 19.4 Å². The minimum Gasteiger partial charge on any atom is -0.478 e. The first-order valence-electron chi connectivity index (χ1n) is 5.34. The van der Waals surface area contributed by atoms with Crippen molar-refractivity contribution in [2.45, 2.75) is 26.2 Å². The number of carbonyl (C=O) groups is 2. The standard InChI is InChI=1S/C13H15ClO4/c1-13(2,3)7-5-8(11(15)16)10(14)9(6-7)12(17)18-4/h5-6H,1-4H3,(H,15,16). The van der Waals surface area contributed by atoms with Crippen LogP contribution in [0.25, 0.3) is 0 Å². The number of methoxy groups -OCH3 is 1. The zero-order chi connectivity index (χ0) is 14.1. The monoisotopic (exact) mass is 270 g/mol. The molecular weight excluding hydrogens is 256 g/mol. The average Bonchev–Trinajstić information content (AvgIpc) is 2.26. The van der Waals surface area contributed by atoms with Crippen molar-refractivity contribution in [3.8, 4) is 0 Å². The molecule has 1 rings (SSSR count). The maximum atomic E-state index is 11.6. The molecule has 1 aromatic carbocycles. The van der Waals surface area contributed by atoms with E-state index in [2.05, 4.69) is 4.74 Å². The van der Waals surface area contributed by atoms with Crippen LogP contribution in [0.4, 0.5) is 0 Å². The smallest absolute Gasteiger partial charge is 0.339 e. The van der Waals surface area contributed by atoms with E-state index in [-0.39, 0.29) is 21.6 Å². The molecule has 0 aliphatic carbocycles. The van der Waals surface area contributed by atoms with E-state index in [1.165, 1.54) is 13.2 Å². The van der Waals surface area contributed by atoms with Crippen LogP contribution in [0.3, 0.4) is 0 Å². The number of carboxylic acids is 1. The van der Waals surface area contributed by atoms with Gasteiger partial charge in [-0.3, -0.25) is 0 Å². The molecule has 0 unspecified atom stereocenters. The van der Waals surface area contributed by atoms with Gasteiger partial charge in [-0.05, 0) is 23.1 Å². The average molecular weight is 271 g/mol. The van der Waals surface area contributed by atoms with Crippen LogP contribution in [0, 0.1) is 0 Å². The minimum absolute atomic E-state index is 0.0731. The van der Waals surface area contributed by atoms with Crippen molar-refractivity contribution >= 4 is 23.5 Å². The summed E-state index contributed by atoms with van der Waals surface area (Å²) in [6.07, 6.45) is 0. The fraction of sp³-hybridized carbons (Fsp3) is 0.385. The topological polar surface area (TPSA) is 63.6 Å². The molecule has 0 aromatic heterocycles. The summed E-state index contributed by atoms with van der Waals surface area (Å²) in [5.41, 5.74) is 0.399. The summed E-state index contributed by atoms with van der Waals surface area (Å²) in [5.74, 6) is -1.81. The Morgan fingerprint density at radius 2 is 1.72 bits per heavy atom. The van der Waals surface area contributed by atoms with Gasteiger partial charge in [0.15, 0.2) is 0 Å². The SMILES string of the molecule is COC(=O)c1cc(C(C)(C)C)cc(C(=O)O)c1Cl. The van der Waals surface area contributed by atoms with Crippen LogP contribution in [0.1, 0.15) is 47.1 Å². The number of esters is 1. The lowest BCUT2D eigenvalue weighted by molar-refractivity contribution is 0.0600. The fourth-order valence-electron chi connectivity index (χ4n) is 1.47. The van der Waals surface area contributed by atoms with Crippen LogP contribution in [-0.2, 0) is 10.2 Å². The highest BCUT2D eigenvalue weighted by Gasteiger charge is 2.24. The zero-order valence-corrected chi connectivity index (χ0v) is 11.5. The van der Waals surface area contributed by atoms with E-state index >= 15 is 0 Å². The summed E-state index contributed by atoms with van der Waals surface area (Å²) >= 11 is 5.92. The molecule has 1 aromatic rings. The Kier molecular flexibility index (Phi) is 4.02. The van der Waals surface area contributed by atoms with Gasteiger partial charge in [-0.2, -0.15) is 0 Å². The molecule has 4 nitrogen and oxygen atoms in total. The molecule has 0 saturated carbocycles. The molecule has 0 aliphatic rings. The van der Waals surface area contributed by atoms with E-state index in [0.29, 0.717) is 5.56 Å². The third-order valence-electron chi connectivity index (χ3n) is 2.57. The second-order valence-electron chi connectivity index (χ2n) is 4.93. The quantitative estimate of drug-likeness (QED) is 0.839. The molecule has 0 saturated heterocycles. The van der Waals surface area contributed by atoms with Crippen LogP contribution in [0.15, 0.2) is 12.1 Å². The summed E-state index contributed by atoms with van der Waals surface area (Å²) < 4.78 is 4.60. The molecule has 18 heavy (non-hydrogen) atoms. The normalized spacial score (nSPS) is 11.2. The van der Waals surface area contributed by atoms with Crippen molar-refractivity contribution in [2.75, 3.05) is 7.11 Å². The van der Waals surface area contributed by atoms with Crippen molar-refractivity contribution in [1.82, 2.24) is 0 Å². The van der Waals surface area contributed by atoms with Gasteiger partial charge in [0.25, 0.3) is 0 Å². The highest BCUT2D eigenvalue weighted by molar-refractivity contribution is 6.36. The number of ether oxygens (including phenoxy) is 1. The van der Waals surface area contributed by atoms with E-state index in [1.54, 1.807) is 6.07 Å². The van der Waals surface area contributed by atoms with E-state index in [4.69, 9.17) is 16.7 Å². The molecule has 0 atom stereocenters. The van der Waals surface area contributed by atoms with Crippen LogP contribution in [0.2, 0.25) is 5.02 Å². The van der Waals surface area contributed by atoms with E-state index in [1.807, 2.05) is 20.8 Å². The van der Waals surface area contributed by atoms with Crippen LogP contribution < -0.4 is 0 Å². The number of rotatable bonds is 2. The highest BCUT2D eigenvalue weighted by Crippen LogP contribution is 2.30. The largest absolute Gasteiger partial charge is 0.478 e. The van der Waals surface area contributed by atoms with Gasteiger partial charge >= 0.3 is 11.9 Å². The van der Waals surface area contributed by atoms with Crippen LogP contribution in [0.5, 0.6) is 0 Å². The Bertz CT molecular complexity index is 500. The zero-order valence-electron chi connectivity index (χ0n) is 10.7. The lowest BCUT2D eigenvalue weighted by atomic mass is 9.85. The number of hydrogen-bond donors (Lipinski definition) is 1. The van der Waals surface area contributed by atoms with Crippen molar-refractivity contribution in [1.29, 1.82) is 0 Å². The number of carboxylic acid groups (broad SMARTS) is 1. The molecule has 0 bridgehead atoms. The van der Waals surface area contributed by atoms with Gasteiger partial charge in [0.05, 0.1) is 23.3 Å². The molecule has 98 valence electrons. The second-order valence-corrected chi connectivity index (χ2v) is 5.31. The number of halogens is 1. The fourth-order valence-corrected chi connectivity index (χ4v) is 1.74. The third kappa shape index (κ3) is 2.82. The highest BCUT2D eigenvalue weighted by atomic mass is 35.5. The van der Waals surface area contributed by atoms with Crippen LogP contribution in [-0.4, -0.2) is 24.2 Å². The Labute approximate surface area is 111 Å². The molecule has 0 fully saturated rings. The molecule has 0 radical (unpaired) electrons. The Morgan fingerprint density at radius 3 is 2.11 bits per heavy atom. The van der Waals surface area contributed by atoms with Crippen molar-refractivity contribution in [3.05, 3.63) is 33.8 Å². The summed E-state index contributed by atoms with van der Waals surface area (Å²) in [4.78, 5) is 22.7. The summed E-state index contributed by atoms with van der Waals surface area (Å²) in [6.45, 7) is 5.76. The van der Waals surface area contributed by atoms with Gasteiger partial charge in [-0.25, -0.2) is 9.59 Å². The van der Waals surface area contributed by atoms with Gasteiger partial charge in [0.2, 0.25) is 0 Å². The molecule has 0 heterocycles. The summed E-state index contributed by atoms with van der Waals surface area (Å²) in [5, 5.41) is 9.00. The lowest BCUT2D eigenvalue weighted by Crippen LogP contribution is -2.16. The Morgan fingerprint density at radius 1 is 1.22 bits per heavy atom. The van der Waals surface area contributed by atoms with E-state index < -0.39 is 11.9 Å².